The standard InChI is InChI=1S/C41H27N3S/c1-41(2)32-18-10-8-16-27(32)30-22-31-28-17-9-11-19-34(28)44(35(31)23-33(30)41)40-42-36(25-13-4-3-5-14-25)39-37(43-40)29-21-20-24-12-6-7-15-26(24)38(29)45-39/h3-23H,1-2H3. The molecule has 0 unspecified atom stereocenters. The fourth-order valence-corrected chi connectivity index (χ4v) is 8.92. The minimum Gasteiger partial charge on any atom is -0.278 e. The number of rotatable bonds is 2. The fraction of sp³-hybridized carbons (Fsp3) is 0.0732. The zero-order chi connectivity index (χ0) is 29.9. The summed E-state index contributed by atoms with van der Waals surface area (Å²) >= 11 is 1.80. The molecule has 9 aromatic rings. The Hall–Kier alpha value is -5.32. The van der Waals surface area contributed by atoms with Gasteiger partial charge in [0.25, 0.3) is 0 Å². The van der Waals surface area contributed by atoms with E-state index in [9.17, 15) is 0 Å². The topological polar surface area (TPSA) is 30.7 Å². The summed E-state index contributed by atoms with van der Waals surface area (Å²) in [5, 5.41) is 6.11. The molecule has 0 saturated carbocycles. The van der Waals surface area contributed by atoms with Crippen molar-refractivity contribution in [3.8, 4) is 28.3 Å². The molecule has 0 saturated heterocycles. The first-order valence-corrected chi connectivity index (χ1v) is 16.2. The van der Waals surface area contributed by atoms with Crippen LogP contribution in [0.4, 0.5) is 0 Å². The molecule has 6 aromatic carbocycles. The monoisotopic (exact) mass is 593 g/mol. The molecule has 0 bridgehead atoms. The van der Waals surface area contributed by atoms with Gasteiger partial charge in [0.05, 0.1) is 26.9 Å². The van der Waals surface area contributed by atoms with Crippen LogP contribution in [0.25, 0.3) is 81.2 Å². The van der Waals surface area contributed by atoms with Crippen molar-refractivity contribution >= 4 is 64.2 Å². The molecule has 0 spiro atoms. The molecule has 0 atom stereocenters. The second kappa shape index (κ2) is 8.87. The SMILES string of the molecule is CC1(C)c2ccccc2-c2cc3c4ccccc4n(-c4nc(-c5ccccc5)c5sc6c7ccccc7ccc6c5n4)c3cc21. The van der Waals surface area contributed by atoms with Gasteiger partial charge in [-0.3, -0.25) is 4.57 Å². The molecular weight excluding hydrogens is 567 g/mol. The summed E-state index contributed by atoms with van der Waals surface area (Å²) in [6.07, 6.45) is 0. The van der Waals surface area contributed by atoms with Crippen LogP contribution in [0.5, 0.6) is 0 Å². The largest absolute Gasteiger partial charge is 0.278 e. The van der Waals surface area contributed by atoms with Gasteiger partial charge in [-0.25, -0.2) is 9.97 Å². The van der Waals surface area contributed by atoms with E-state index < -0.39 is 0 Å². The summed E-state index contributed by atoms with van der Waals surface area (Å²) in [5.41, 5.74) is 10.6. The quantitative estimate of drug-likeness (QED) is 0.200. The summed E-state index contributed by atoms with van der Waals surface area (Å²) in [7, 11) is 0. The van der Waals surface area contributed by atoms with Crippen molar-refractivity contribution < 1.29 is 0 Å². The van der Waals surface area contributed by atoms with Gasteiger partial charge in [-0.1, -0.05) is 123 Å². The van der Waals surface area contributed by atoms with Gasteiger partial charge in [0.15, 0.2) is 0 Å². The molecule has 4 heteroatoms. The maximum absolute atomic E-state index is 5.43. The minimum absolute atomic E-state index is 0.105. The summed E-state index contributed by atoms with van der Waals surface area (Å²) in [6, 6.07) is 46.0. The maximum atomic E-state index is 5.43. The number of thiophene rings is 1. The first-order chi connectivity index (χ1) is 22.1. The van der Waals surface area contributed by atoms with Crippen LogP contribution in [0.3, 0.4) is 0 Å². The van der Waals surface area contributed by atoms with Crippen LogP contribution in [-0.2, 0) is 5.41 Å². The van der Waals surface area contributed by atoms with Crippen molar-refractivity contribution in [1.29, 1.82) is 0 Å². The highest BCUT2D eigenvalue weighted by Gasteiger charge is 2.36. The first-order valence-electron chi connectivity index (χ1n) is 15.4. The second-order valence-electron chi connectivity index (χ2n) is 12.6. The van der Waals surface area contributed by atoms with Crippen molar-refractivity contribution in [2.75, 3.05) is 0 Å². The van der Waals surface area contributed by atoms with E-state index in [4.69, 9.17) is 9.97 Å². The lowest BCUT2D eigenvalue weighted by Crippen LogP contribution is -2.15. The zero-order valence-corrected chi connectivity index (χ0v) is 25.7. The number of hydrogen-bond acceptors (Lipinski definition) is 3. The van der Waals surface area contributed by atoms with Gasteiger partial charge in [0, 0.05) is 31.8 Å². The number of aromatic nitrogens is 3. The highest BCUT2D eigenvalue weighted by atomic mass is 32.1. The van der Waals surface area contributed by atoms with Crippen LogP contribution < -0.4 is 0 Å². The average molecular weight is 594 g/mol. The smallest absolute Gasteiger partial charge is 0.235 e. The fourth-order valence-electron chi connectivity index (χ4n) is 7.63. The molecule has 0 radical (unpaired) electrons. The Kier molecular flexibility index (Phi) is 4.94. The highest BCUT2D eigenvalue weighted by molar-refractivity contribution is 7.27. The Labute approximate surface area is 264 Å². The Balaban J connectivity index is 1.34. The van der Waals surface area contributed by atoms with Crippen LogP contribution in [0.2, 0.25) is 0 Å². The predicted molar refractivity (Wildman–Crippen MR) is 190 cm³/mol. The molecule has 45 heavy (non-hydrogen) atoms. The van der Waals surface area contributed by atoms with Crippen LogP contribution in [0.1, 0.15) is 25.0 Å². The van der Waals surface area contributed by atoms with Gasteiger partial charge in [-0.2, -0.15) is 0 Å². The van der Waals surface area contributed by atoms with Gasteiger partial charge < -0.3 is 0 Å². The summed E-state index contributed by atoms with van der Waals surface area (Å²) in [5.74, 6) is 0.702. The van der Waals surface area contributed by atoms with E-state index in [0.717, 1.165) is 32.5 Å². The second-order valence-corrected chi connectivity index (χ2v) is 13.6. The van der Waals surface area contributed by atoms with E-state index in [2.05, 4.69) is 146 Å². The molecular formula is C41H27N3S. The van der Waals surface area contributed by atoms with E-state index in [1.807, 2.05) is 0 Å². The Bertz CT molecular complexity index is 2680. The van der Waals surface area contributed by atoms with Crippen molar-refractivity contribution in [1.82, 2.24) is 14.5 Å². The van der Waals surface area contributed by atoms with Crippen molar-refractivity contribution in [3.05, 3.63) is 139 Å². The van der Waals surface area contributed by atoms with Gasteiger partial charge in [-0.05, 0) is 51.2 Å². The number of nitrogens with zero attached hydrogens (tertiary/aromatic N) is 3. The molecule has 0 N–H and O–H groups in total. The number of fused-ring (bicyclic) bond motifs is 11. The summed E-state index contributed by atoms with van der Waals surface area (Å²) in [4.78, 5) is 10.9. The molecule has 3 heterocycles. The van der Waals surface area contributed by atoms with Gasteiger partial charge in [-0.15, -0.1) is 11.3 Å². The maximum Gasteiger partial charge on any atom is 0.235 e. The molecule has 212 valence electrons. The highest BCUT2D eigenvalue weighted by Crippen LogP contribution is 2.51. The van der Waals surface area contributed by atoms with Gasteiger partial charge in [0.2, 0.25) is 5.95 Å². The van der Waals surface area contributed by atoms with Crippen LogP contribution in [-0.4, -0.2) is 14.5 Å². The van der Waals surface area contributed by atoms with Crippen LogP contribution in [0.15, 0.2) is 127 Å². The lowest BCUT2D eigenvalue weighted by atomic mass is 9.82. The van der Waals surface area contributed by atoms with E-state index in [1.165, 1.54) is 53.9 Å². The first kappa shape index (κ1) is 25.1. The van der Waals surface area contributed by atoms with E-state index in [0.29, 0.717) is 5.95 Å². The lowest BCUT2D eigenvalue weighted by molar-refractivity contribution is 0.661. The third kappa shape index (κ3) is 3.35. The van der Waals surface area contributed by atoms with Crippen molar-refractivity contribution in [2.24, 2.45) is 0 Å². The van der Waals surface area contributed by atoms with Crippen molar-refractivity contribution in [2.45, 2.75) is 19.3 Å². The third-order valence-corrected chi connectivity index (χ3v) is 11.1. The van der Waals surface area contributed by atoms with E-state index in [1.54, 1.807) is 11.3 Å². The Morgan fingerprint density at radius 2 is 1.31 bits per heavy atom. The molecule has 1 aliphatic rings. The van der Waals surface area contributed by atoms with Gasteiger partial charge in [0.1, 0.15) is 0 Å². The van der Waals surface area contributed by atoms with Crippen LogP contribution >= 0.6 is 11.3 Å². The summed E-state index contributed by atoms with van der Waals surface area (Å²) < 4.78 is 4.67. The Morgan fingerprint density at radius 3 is 2.20 bits per heavy atom. The molecule has 1 aliphatic carbocycles. The lowest BCUT2D eigenvalue weighted by Gasteiger charge is -2.21. The zero-order valence-electron chi connectivity index (χ0n) is 24.9. The average Bonchev–Trinajstić information content (AvgIpc) is 3.70. The Morgan fingerprint density at radius 1 is 0.556 bits per heavy atom. The van der Waals surface area contributed by atoms with Gasteiger partial charge >= 0.3 is 0 Å². The molecule has 3 nitrogen and oxygen atoms in total. The van der Waals surface area contributed by atoms with E-state index in [-0.39, 0.29) is 5.41 Å². The van der Waals surface area contributed by atoms with Crippen LogP contribution in [0, 0.1) is 0 Å². The van der Waals surface area contributed by atoms with E-state index >= 15 is 0 Å². The number of hydrogen-bond donors (Lipinski definition) is 0. The minimum atomic E-state index is -0.105. The molecule has 0 aliphatic heterocycles. The third-order valence-electron chi connectivity index (χ3n) is 9.82. The number of para-hydroxylation sites is 1. The molecule has 0 amide bonds. The molecule has 0 fully saturated rings. The van der Waals surface area contributed by atoms with Crippen molar-refractivity contribution in [3.63, 3.8) is 0 Å². The normalized spacial score (nSPS) is 13.7. The molecule has 3 aromatic heterocycles. The number of benzene rings is 6. The molecule has 10 rings (SSSR count). The predicted octanol–water partition coefficient (Wildman–Crippen LogP) is 11.1. The summed E-state index contributed by atoms with van der Waals surface area (Å²) in [6.45, 7) is 4.68.